The quantitative estimate of drug-likeness (QED) is 0.390. The van der Waals surface area contributed by atoms with Crippen molar-refractivity contribution in [1.29, 1.82) is 0 Å². The molecule has 0 aliphatic heterocycles. The number of hydrogen-bond acceptors (Lipinski definition) is 3. The fourth-order valence-electron chi connectivity index (χ4n) is 0.0985. The third-order valence-electron chi connectivity index (χ3n) is 0.457. The van der Waals surface area contributed by atoms with Crippen molar-refractivity contribution in [2.75, 3.05) is 0 Å². The topological polar surface area (TPSA) is 46.5 Å². The van der Waals surface area contributed by atoms with E-state index in [0.717, 1.165) is 0 Å². The SMILES string of the molecule is CC(O)C(=O)OP.[CaH2]. The molecule has 46 valence electrons. The van der Waals surface area contributed by atoms with Crippen molar-refractivity contribution in [1.82, 2.24) is 0 Å². The van der Waals surface area contributed by atoms with Crippen molar-refractivity contribution in [3.63, 3.8) is 0 Å². The van der Waals surface area contributed by atoms with Gasteiger partial charge in [0, 0.05) is 0 Å². The van der Waals surface area contributed by atoms with Crippen LogP contribution in [0.1, 0.15) is 6.92 Å². The first kappa shape index (κ1) is 11.9. The van der Waals surface area contributed by atoms with Crippen LogP contribution in [-0.4, -0.2) is 54.9 Å². The molecule has 0 saturated carbocycles. The molecule has 0 bridgehead atoms. The van der Waals surface area contributed by atoms with E-state index in [1.165, 1.54) is 6.92 Å². The Morgan fingerprint density at radius 1 is 1.88 bits per heavy atom. The number of carbonyl (C=O) groups excluding carboxylic acids is 1. The molecule has 0 aliphatic carbocycles. The van der Waals surface area contributed by atoms with Gasteiger partial charge in [-0.3, -0.25) is 0 Å². The van der Waals surface area contributed by atoms with Gasteiger partial charge in [-0.05, 0) is 6.92 Å². The second-order valence-electron chi connectivity index (χ2n) is 1.11. The average Bonchev–Trinajstić information content (AvgIpc) is 1.65. The van der Waals surface area contributed by atoms with Crippen LogP contribution >= 0.6 is 9.47 Å². The van der Waals surface area contributed by atoms with Crippen molar-refractivity contribution in [2.24, 2.45) is 0 Å². The predicted molar refractivity (Wildman–Crippen MR) is 36.0 cm³/mol. The fourth-order valence-corrected chi connectivity index (χ4v) is 0.295. The van der Waals surface area contributed by atoms with Gasteiger partial charge < -0.3 is 9.63 Å². The molecule has 5 heteroatoms. The van der Waals surface area contributed by atoms with Crippen molar-refractivity contribution in [2.45, 2.75) is 13.0 Å². The minimum absolute atomic E-state index is 0. The Morgan fingerprint density at radius 2 is 2.25 bits per heavy atom. The van der Waals surface area contributed by atoms with E-state index >= 15 is 0 Å². The first-order valence-corrected chi connectivity index (χ1v) is 2.24. The fraction of sp³-hybridized carbons (Fsp3) is 0.667. The van der Waals surface area contributed by atoms with Crippen LogP contribution in [0.2, 0.25) is 0 Å². The monoisotopic (exact) mass is 164 g/mol. The Morgan fingerprint density at radius 3 is 2.25 bits per heavy atom. The Bertz CT molecular complexity index is 74.9. The van der Waals surface area contributed by atoms with E-state index in [1.807, 2.05) is 0 Å². The van der Waals surface area contributed by atoms with E-state index in [0.29, 0.717) is 0 Å². The van der Waals surface area contributed by atoms with Crippen LogP contribution in [0.4, 0.5) is 0 Å². The van der Waals surface area contributed by atoms with Crippen molar-refractivity contribution in [3.8, 4) is 0 Å². The normalized spacial score (nSPS) is 11.4. The van der Waals surface area contributed by atoms with Gasteiger partial charge in [0.2, 0.25) is 0 Å². The molecule has 0 amide bonds. The summed E-state index contributed by atoms with van der Waals surface area (Å²) in [6.45, 7) is 1.34. The summed E-state index contributed by atoms with van der Waals surface area (Å²) in [6, 6.07) is 0. The van der Waals surface area contributed by atoms with E-state index in [1.54, 1.807) is 9.47 Å². The molecule has 0 rings (SSSR count). The molecule has 3 nitrogen and oxygen atoms in total. The second kappa shape index (κ2) is 6.24. The van der Waals surface area contributed by atoms with Crippen LogP contribution < -0.4 is 0 Å². The van der Waals surface area contributed by atoms with Gasteiger partial charge in [-0.15, -0.1) is 0 Å². The zero-order valence-electron chi connectivity index (χ0n) is 3.92. The van der Waals surface area contributed by atoms with Crippen LogP contribution in [-0.2, 0) is 9.32 Å². The zero-order chi connectivity index (χ0) is 5.86. The molecule has 0 saturated heterocycles. The maximum absolute atomic E-state index is 10.0. The standard InChI is InChI=1S/C3H7O3P.Ca.2H/c1-2(4)3(5)6-7;;;/h2,4H,7H2,1H3;;;. The van der Waals surface area contributed by atoms with Crippen molar-refractivity contribution < 1.29 is 14.4 Å². The molecule has 0 heterocycles. The van der Waals surface area contributed by atoms with Crippen LogP contribution in [0.15, 0.2) is 0 Å². The summed E-state index contributed by atoms with van der Waals surface area (Å²) < 4.78 is 4.04. The van der Waals surface area contributed by atoms with Crippen molar-refractivity contribution >= 4 is 53.2 Å². The van der Waals surface area contributed by atoms with Gasteiger partial charge in [-0.1, -0.05) is 0 Å². The Balaban J connectivity index is 0. The summed E-state index contributed by atoms with van der Waals surface area (Å²) in [7, 11) is 1.75. The third kappa shape index (κ3) is 5.26. The molecule has 1 N–H and O–H groups in total. The molecular weight excluding hydrogens is 155 g/mol. The molecule has 8 heavy (non-hydrogen) atoms. The molecule has 0 aromatic rings. The summed E-state index contributed by atoms with van der Waals surface area (Å²) in [5.74, 6) is -0.634. The molecule has 2 unspecified atom stereocenters. The summed E-state index contributed by atoms with van der Waals surface area (Å²) in [5, 5.41) is 8.33. The van der Waals surface area contributed by atoms with E-state index in [2.05, 4.69) is 4.52 Å². The number of hydrogen-bond donors (Lipinski definition) is 1. The second-order valence-corrected chi connectivity index (χ2v) is 1.35. The number of aliphatic hydroxyl groups excluding tert-OH is 1. The van der Waals surface area contributed by atoms with Gasteiger partial charge in [0.1, 0.15) is 6.10 Å². The van der Waals surface area contributed by atoms with Gasteiger partial charge >= 0.3 is 43.7 Å². The zero-order valence-corrected chi connectivity index (χ0v) is 5.07. The van der Waals surface area contributed by atoms with Crippen LogP contribution in [0.25, 0.3) is 0 Å². The Kier molecular flexibility index (Phi) is 9.26. The molecule has 0 fully saturated rings. The van der Waals surface area contributed by atoms with Gasteiger partial charge in [0.15, 0.2) is 0 Å². The van der Waals surface area contributed by atoms with E-state index in [4.69, 9.17) is 5.11 Å². The molecular formula is C3H9CaO3P. The van der Waals surface area contributed by atoms with Gasteiger partial charge in [0.25, 0.3) is 0 Å². The third-order valence-corrected chi connectivity index (χ3v) is 0.690. The van der Waals surface area contributed by atoms with Crippen LogP contribution in [0, 0.1) is 0 Å². The number of aliphatic hydroxyl groups is 1. The first-order chi connectivity index (χ1) is 3.18. The Hall–Kier alpha value is 1.12. The van der Waals surface area contributed by atoms with Gasteiger partial charge in [0.05, 0.1) is 9.47 Å². The molecule has 0 aliphatic rings. The summed E-state index contributed by atoms with van der Waals surface area (Å²) in [5.41, 5.74) is 0. The molecule has 0 radical (unpaired) electrons. The first-order valence-electron chi connectivity index (χ1n) is 1.77. The summed E-state index contributed by atoms with van der Waals surface area (Å²) in [4.78, 5) is 10.0. The predicted octanol–water partition coefficient (Wildman–Crippen LogP) is -1.22. The van der Waals surface area contributed by atoms with E-state index in [-0.39, 0.29) is 37.7 Å². The Labute approximate surface area is 80.1 Å². The molecule has 2 atom stereocenters. The summed E-state index contributed by atoms with van der Waals surface area (Å²) in [6.07, 6.45) is -1.02. The molecule has 0 aromatic carbocycles. The molecule has 0 aromatic heterocycles. The van der Waals surface area contributed by atoms with Gasteiger partial charge in [-0.2, -0.15) is 0 Å². The number of rotatable bonds is 1. The average molecular weight is 164 g/mol. The molecule has 0 spiro atoms. The number of carbonyl (C=O) groups is 1. The van der Waals surface area contributed by atoms with E-state index in [9.17, 15) is 4.79 Å². The van der Waals surface area contributed by atoms with Crippen molar-refractivity contribution in [3.05, 3.63) is 0 Å². The van der Waals surface area contributed by atoms with E-state index < -0.39 is 12.1 Å². The minimum atomic E-state index is -1.02. The van der Waals surface area contributed by atoms with Crippen LogP contribution in [0.3, 0.4) is 0 Å². The van der Waals surface area contributed by atoms with Crippen LogP contribution in [0.5, 0.6) is 0 Å². The summed E-state index contributed by atoms with van der Waals surface area (Å²) >= 11 is 0. The van der Waals surface area contributed by atoms with Gasteiger partial charge in [-0.25, -0.2) is 4.79 Å². The maximum atomic E-state index is 10.0.